The van der Waals surface area contributed by atoms with Crippen molar-refractivity contribution in [2.24, 2.45) is 11.7 Å². The molecule has 6 heteroatoms. The van der Waals surface area contributed by atoms with Crippen molar-refractivity contribution < 1.29 is 19.4 Å². The molecular formula is C12H22N2O4. The number of aliphatic carboxylic acids is 1. The van der Waals surface area contributed by atoms with Gasteiger partial charge in [-0.3, -0.25) is 4.79 Å². The summed E-state index contributed by atoms with van der Waals surface area (Å²) in [6, 6.07) is -0.553. The number of carboxylic acids is 1. The first-order valence-corrected chi connectivity index (χ1v) is 6.17. The number of hydrogen-bond acceptors (Lipinski definition) is 4. The molecule has 0 aromatic carbocycles. The first-order valence-electron chi connectivity index (χ1n) is 6.17. The highest BCUT2D eigenvalue weighted by Gasteiger charge is 2.33. The number of carbonyl (C=O) groups is 2. The monoisotopic (exact) mass is 258 g/mol. The van der Waals surface area contributed by atoms with Crippen LogP contribution in [-0.2, 0) is 9.53 Å². The molecule has 0 spiro atoms. The number of amides is 1. The van der Waals surface area contributed by atoms with Gasteiger partial charge in [0.15, 0.2) is 0 Å². The fraction of sp³-hybridized carbons (Fsp3) is 0.833. The Bertz CT molecular complexity index is 325. The van der Waals surface area contributed by atoms with Gasteiger partial charge >= 0.3 is 12.1 Å². The van der Waals surface area contributed by atoms with E-state index in [0.29, 0.717) is 19.3 Å². The summed E-state index contributed by atoms with van der Waals surface area (Å²) in [6.07, 6.45) is 0.980. The zero-order valence-electron chi connectivity index (χ0n) is 11.1. The lowest BCUT2D eigenvalue weighted by Gasteiger charge is -2.33. The Hall–Kier alpha value is -1.30. The van der Waals surface area contributed by atoms with Gasteiger partial charge in [-0.2, -0.15) is 0 Å². The normalized spacial score (nSPS) is 28.6. The number of alkyl carbamates (subject to hydrolysis) is 1. The van der Waals surface area contributed by atoms with Gasteiger partial charge in [-0.15, -0.1) is 0 Å². The Labute approximate surface area is 107 Å². The average molecular weight is 258 g/mol. The van der Waals surface area contributed by atoms with E-state index in [0.717, 1.165) is 0 Å². The van der Waals surface area contributed by atoms with Crippen molar-refractivity contribution in [2.45, 2.75) is 57.7 Å². The van der Waals surface area contributed by atoms with Gasteiger partial charge in [-0.25, -0.2) is 4.79 Å². The number of nitrogens with two attached hydrogens (primary N) is 1. The molecule has 0 saturated heterocycles. The second-order valence-corrected chi connectivity index (χ2v) is 5.76. The van der Waals surface area contributed by atoms with Crippen LogP contribution in [0.1, 0.15) is 40.0 Å². The summed E-state index contributed by atoms with van der Waals surface area (Å²) in [5, 5.41) is 11.6. The standard InChI is InChI=1S/C12H22N2O4/c1-12(2,3)18-11(17)14-9-5-4-7(10(15)16)6-8(9)13/h7-9H,4-6,13H2,1-3H3,(H,14,17)(H,15,16). The van der Waals surface area contributed by atoms with Crippen molar-refractivity contribution in [3.05, 3.63) is 0 Å². The molecule has 0 bridgehead atoms. The zero-order valence-corrected chi connectivity index (χ0v) is 11.1. The minimum Gasteiger partial charge on any atom is -0.481 e. The molecule has 18 heavy (non-hydrogen) atoms. The average Bonchev–Trinajstić information content (AvgIpc) is 2.17. The maximum atomic E-state index is 11.6. The number of hydrogen-bond donors (Lipinski definition) is 3. The van der Waals surface area contributed by atoms with E-state index in [-0.39, 0.29) is 12.1 Å². The van der Waals surface area contributed by atoms with Crippen LogP contribution in [0.2, 0.25) is 0 Å². The van der Waals surface area contributed by atoms with Gasteiger partial charge in [0.25, 0.3) is 0 Å². The molecule has 0 radical (unpaired) electrons. The van der Waals surface area contributed by atoms with Crippen molar-refractivity contribution in [3.8, 4) is 0 Å². The molecule has 0 heterocycles. The van der Waals surface area contributed by atoms with Crippen LogP contribution in [0, 0.1) is 5.92 Å². The molecule has 4 N–H and O–H groups in total. The van der Waals surface area contributed by atoms with Gasteiger partial charge in [0, 0.05) is 12.1 Å². The Morgan fingerprint density at radius 3 is 2.39 bits per heavy atom. The Morgan fingerprint density at radius 2 is 1.94 bits per heavy atom. The molecule has 0 aromatic rings. The topological polar surface area (TPSA) is 102 Å². The highest BCUT2D eigenvalue weighted by Crippen LogP contribution is 2.24. The van der Waals surface area contributed by atoms with Crippen molar-refractivity contribution in [1.82, 2.24) is 5.32 Å². The molecule has 1 fully saturated rings. The van der Waals surface area contributed by atoms with Crippen LogP contribution in [0.25, 0.3) is 0 Å². The summed E-state index contributed by atoms with van der Waals surface area (Å²) in [5.41, 5.74) is 5.34. The molecule has 1 saturated carbocycles. The van der Waals surface area contributed by atoms with Crippen LogP contribution in [0.15, 0.2) is 0 Å². The molecule has 1 aliphatic carbocycles. The van der Waals surface area contributed by atoms with Crippen molar-refractivity contribution >= 4 is 12.1 Å². The highest BCUT2D eigenvalue weighted by molar-refractivity contribution is 5.71. The molecule has 1 amide bonds. The van der Waals surface area contributed by atoms with E-state index in [1.54, 1.807) is 20.8 Å². The number of ether oxygens (including phenoxy) is 1. The molecule has 104 valence electrons. The van der Waals surface area contributed by atoms with E-state index < -0.39 is 23.6 Å². The number of carboxylic acid groups (broad SMARTS) is 1. The lowest BCUT2D eigenvalue weighted by atomic mass is 9.83. The van der Waals surface area contributed by atoms with Gasteiger partial charge in [0.05, 0.1) is 5.92 Å². The van der Waals surface area contributed by atoms with E-state index in [1.165, 1.54) is 0 Å². The third-order valence-corrected chi connectivity index (χ3v) is 2.95. The maximum Gasteiger partial charge on any atom is 0.407 e. The number of rotatable bonds is 2. The molecule has 1 aliphatic rings. The molecule has 0 aliphatic heterocycles. The van der Waals surface area contributed by atoms with Gasteiger partial charge in [-0.1, -0.05) is 0 Å². The van der Waals surface area contributed by atoms with Crippen molar-refractivity contribution in [2.75, 3.05) is 0 Å². The van der Waals surface area contributed by atoms with Gasteiger partial charge in [0.1, 0.15) is 5.60 Å². The SMILES string of the molecule is CC(C)(C)OC(=O)NC1CCC(C(=O)O)CC1N. The Balaban J connectivity index is 2.45. The summed E-state index contributed by atoms with van der Waals surface area (Å²) in [6.45, 7) is 5.36. The minimum atomic E-state index is -0.818. The molecular weight excluding hydrogens is 236 g/mol. The largest absolute Gasteiger partial charge is 0.481 e. The second kappa shape index (κ2) is 5.56. The second-order valence-electron chi connectivity index (χ2n) is 5.76. The first-order chi connectivity index (χ1) is 8.19. The van der Waals surface area contributed by atoms with Crippen LogP contribution in [0.5, 0.6) is 0 Å². The summed E-state index contributed by atoms with van der Waals surface area (Å²) >= 11 is 0. The molecule has 6 nitrogen and oxygen atoms in total. The predicted molar refractivity (Wildman–Crippen MR) is 66.1 cm³/mol. The fourth-order valence-corrected chi connectivity index (χ4v) is 2.07. The van der Waals surface area contributed by atoms with Crippen LogP contribution >= 0.6 is 0 Å². The molecule has 0 aromatic heterocycles. The van der Waals surface area contributed by atoms with E-state index >= 15 is 0 Å². The van der Waals surface area contributed by atoms with E-state index in [4.69, 9.17) is 15.6 Å². The molecule has 1 rings (SSSR count). The van der Waals surface area contributed by atoms with Crippen molar-refractivity contribution in [1.29, 1.82) is 0 Å². The Morgan fingerprint density at radius 1 is 1.33 bits per heavy atom. The van der Waals surface area contributed by atoms with Gasteiger partial charge in [-0.05, 0) is 40.0 Å². The molecule has 3 atom stereocenters. The minimum absolute atomic E-state index is 0.213. The fourth-order valence-electron chi connectivity index (χ4n) is 2.07. The third kappa shape index (κ3) is 4.52. The lowest BCUT2D eigenvalue weighted by molar-refractivity contribution is -0.143. The van der Waals surface area contributed by atoms with E-state index in [1.807, 2.05) is 0 Å². The smallest absolute Gasteiger partial charge is 0.407 e. The van der Waals surface area contributed by atoms with Crippen LogP contribution < -0.4 is 11.1 Å². The molecule has 3 unspecified atom stereocenters. The summed E-state index contributed by atoms with van der Waals surface area (Å²) < 4.78 is 5.14. The lowest BCUT2D eigenvalue weighted by Crippen LogP contribution is -2.52. The van der Waals surface area contributed by atoms with Crippen LogP contribution in [0.4, 0.5) is 4.79 Å². The summed E-state index contributed by atoms with van der Waals surface area (Å²) in [7, 11) is 0. The quantitative estimate of drug-likeness (QED) is 0.688. The summed E-state index contributed by atoms with van der Waals surface area (Å²) in [4.78, 5) is 22.4. The Kier molecular flexibility index (Phi) is 4.56. The predicted octanol–water partition coefficient (Wildman–Crippen LogP) is 1.09. The van der Waals surface area contributed by atoms with Crippen LogP contribution in [-0.4, -0.2) is 34.9 Å². The zero-order chi connectivity index (χ0) is 13.9. The number of nitrogens with one attached hydrogen (secondary N) is 1. The van der Waals surface area contributed by atoms with Gasteiger partial charge in [0.2, 0.25) is 0 Å². The highest BCUT2D eigenvalue weighted by atomic mass is 16.6. The third-order valence-electron chi connectivity index (χ3n) is 2.95. The van der Waals surface area contributed by atoms with E-state index in [9.17, 15) is 9.59 Å². The van der Waals surface area contributed by atoms with Crippen LogP contribution in [0.3, 0.4) is 0 Å². The first kappa shape index (κ1) is 14.8. The maximum absolute atomic E-state index is 11.6. The number of carbonyl (C=O) groups excluding carboxylic acids is 1. The van der Waals surface area contributed by atoms with E-state index in [2.05, 4.69) is 5.32 Å². The summed E-state index contributed by atoms with van der Waals surface area (Å²) in [5.74, 6) is -1.22. The van der Waals surface area contributed by atoms with Gasteiger partial charge < -0.3 is 20.9 Å². The van der Waals surface area contributed by atoms with Crippen molar-refractivity contribution in [3.63, 3.8) is 0 Å².